The summed E-state index contributed by atoms with van der Waals surface area (Å²) in [5, 5.41) is 5.38. The maximum Gasteiger partial charge on any atom is 0.573 e. The number of halogens is 3. The van der Waals surface area contributed by atoms with Gasteiger partial charge in [-0.3, -0.25) is 14.9 Å². The van der Waals surface area contributed by atoms with Gasteiger partial charge in [0.25, 0.3) is 5.91 Å². The standard InChI is InChI=1S/C21H21F3N4O3S/c1-20(2,28-17(29)14(25)10-12-6-4-3-5-7-12)18(30)27-19-26-15-9-8-13(11-16(15)32-19)31-21(22,23)24/h3-9,11,14H,10,25H2,1-2H3,(H,28,29)(H,26,27,30). The summed E-state index contributed by atoms with van der Waals surface area (Å²) < 4.78 is 41.5. The van der Waals surface area contributed by atoms with Gasteiger partial charge >= 0.3 is 6.36 Å². The van der Waals surface area contributed by atoms with Crippen molar-refractivity contribution in [3.8, 4) is 5.75 Å². The van der Waals surface area contributed by atoms with Crippen molar-refractivity contribution in [2.24, 2.45) is 5.73 Å². The number of fused-ring (bicyclic) bond motifs is 1. The van der Waals surface area contributed by atoms with Crippen molar-refractivity contribution >= 4 is 38.5 Å². The third-order valence-corrected chi connectivity index (χ3v) is 5.39. The van der Waals surface area contributed by atoms with E-state index in [9.17, 15) is 22.8 Å². The minimum absolute atomic E-state index is 0.171. The molecule has 0 aliphatic heterocycles. The number of ether oxygens (including phenoxy) is 1. The summed E-state index contributed by atoms with van der Waals surface area (Å²) in [6.07, 6.45) is -4.50. The van der Waals surface area contributed by atoms with Gasteiger partial charge in [0.2, 0.25) is 5.91 Å². The summed E-state index contributed by atoms with van der Waals surface area (Å²) in [5.41, 5.74) is 5.94. The smallest absolute Gasteiger partial charge is 0.406 e. The Morgan fingerprint density at radius 2 is 1.84 bits per heavy atom. The molecule has 2 aromatic carbocycles. The Bertz CT molecular complexity index is 1120. The summed E-state index contributed by atoms with van der Waals surface area (Å²) in [6, 6.07) is 12.1. The number of carbonyl (C=O) groups is 2. The Labute approximate surface area is 185 Å². The van der Waals surface area contributed by atoms with Crippen LogP contribution in [0.1, 0.15) is 19.4 Å². The molecule has 11 heteroatoms. The summed E-state index contributed by atoms with van der Waals surface area (Å²) in [5.74, 6) is -1.43. The minimum Gasteiger partial charge on any atom is -0.406 e. The first kappa shape index (κ1) is 23.5. The Morgan fingerprint density at radius 1 is 1.16 bits per heavy atom. The van der Waals surface area contributed by atoms with Crippen molar-refractivity contribution in [1.82, 2.24) is 10.3 Å². The summed E-state index contributed by atoms with van der Waals surface area (Å²) >= 11 is 0.981. The van der Waals surface area contributed by atoms with E-state index in [4.69, 9.17) is 5.73 Å². The lowest BCUT2D eigenvalue weighted by atomic mass is 10.0. The van der Waals surface area contributed by atoms with Gasteiger partial charge in [-0.1, -0.05) is 41.7 Å². The van der Waals surface area contributed by atoms with Crippen LogP contribution >= 0.6 is 11.3 Å². The predicted molar refractivity (Wildman–Crippen MR) is 115 cm³/mol. The summed E-state index contributed by atoms with van der Waals surface area (Å²) in [4.78, 5) is 29.4. The fourth-order valence-electron chi connectivity index (χ4n) is 2.83. The largest absolute Gasteiger partial charge is 0.573 e. The number of benzene rings is 2. The third kappa shape index (κ3) is 6.17. The Morgan fingerprint density at radius 3 is 2.50 bits per heavy atom. The SMILES string of the molecule is CC(C)(NC(=O)C(N)Cc1ccccc1)C(=O)Nc1nc2ccc(OC(F)(F)F)cc2s1. The van der Waals surface area contributed by atoms with Crippen LogP contribution in [0.25, 0.3) is 10.2 Å². The molecular weight excluding hydrogens is 445 g/mol. The van der Waals surface area contributed by atoms with E-state index in [2.05, 4.69) is 20.4 Å². The zero-order valence-corrected chi connectivity index (χ0v) is 18.0. The van der Waals surface area contributed by atoms with Crippen molar-refractivity contribution in [3.63, 3.8) is 0 Å². The Balaban J connectivity index is 1.64. The molecule has 1 atom stereocenters. The van der Waals surface area contributed by atoms with Crippen LogP contribution in [0.15, 0.2) is 48.5 Å². The number of aromatic nitrogens is 1. The zero-order chi connectivity index (χ0) is 23.5. The van der Waals surface area contributed by atoms with Gasteiger partial charge in [-0.15, -0.1) is 13.2 Å². The topological polar surface area (TPSA) is 106 Å². The van der Waals surface area contributed by atoms with Crippen LogP contribution in [-0.4, -0.2) is 34.7 Å². The molecular formula is C21H21F3N4O3S. The number of anilines is 1. The van der Waals surface area contributed by atoms with Crippen molar-refractivity contribution in [3.05, 3.63) is 54.1 Å². The Hall–Kier alpha value is -3.18. The molecule has 0 aliphatic carbocycles. The van der Waals surface area contributed by atoms with Crippen molar-refractivity contribution in [2.45, 2.75) is 38.2 Å². The van der Waals surface area contributed by atoms with Crippen LogP contribution < -0.4 is 21.1 Å². The second-order valence-electron chi connectivity index (χ2n) is 7.56. The van der Waals surface area contributed by atoms with E-state index in [1.807, 2.05) is 30.3 Å². The van der Waals surface area contributed by atoms with E-state index in [0.717, 1.165) is 23.0 Å². The molecule has 0 saturated heterocycles. The normalized spacial score (nSPS) is 12.9. The van der Waals surface area contributed by atoms with Gasteiger partial charge in [0, 0.05) is 6.07 Å². The van der Waals surface area contributed by atoms with Gasteiger partial charge in [-0.25, -0.2) is 4.98 Å². The number of nitrogens with one attached hydrogen (secondary N) is 2. The highest BCUT2D eigenvalue weighted by atomic mass is 32.1. The van der Waals surface area contributed by atoms with Gasteiger partial charge < -0.3 is 15.8 Å². The van der Waals surface area contributed by atoms with Crippen LogP contribution in [0, 0.1) is 0 Å². The average Bonchev–Trinajstić information content (AvgIpc) is 3.08. The molecule has 0 bridgehead atoms. The van der Waals surface area contributed by atoms with E-state index in [-0.39, 0.29) is 10.9 Å². The predicted octanol–water partition coefficient (Wildman–Crippen LogP) is 3.60. The molecule has 0 spiro atoms. The highest BCUT2D eigenvalue weighted by Gasteiger charge is 2.33. The van der Waals surface area contributed by atoms with E-state index in [0.29, 0.717) is 16.6 Å². The number of hydrogen-bond donors (Lipinski definition) is 3. The van der Waals surface area contributed by atoms with Crippen LogP contribution in [-0.2, 0) is 16.0 Å². The lowest BCUT2D eigenvalue weighted by Gasteiger charge is -2.26. The van der Waals surface area contributed by atoms with Gasteiger partial charge in [-0.05, 0) is 38.0 Å². The second kappa shape index (κ2) is 9.13. The van der Waals surface area contributed by atoms with Crippen molar-refractivity contribution in [1.29, 1.82) is 0 Å². The molecule has 2 amide bonds. The molecule has 0 fully saturated rings. The zero-order valence-electron chi connectivity index (χ0n) is 17.2. The number of rotatable bonds is 7. The van der Waals surface area contributed by atoms with E-state index in [1.54, 1.807) is 0 Å². The second-order valence-corrected chi connectivity index (χ2v) is 8.59. The fraction of sp³-hybridized carbons (Fsp3) is 0.286. The van der Waals surface area contributed by atoms with Crippen molar-refractivity contribution in [2.75, 3.05) is 5.32 Å². The lowest BCUT2D eigenvalue weighted by molar-refractivity contribution is -0.274. The van der Waals surface area contributed by atoms with Gasteiger partial charge in [-0.2, -0.15) is 0 Å². The van der Waals surface area contributed by atoms with Crippen LogP contribution in [0.3, 0.4) is 0 Å². The number of amides is 2. The third-order valence-electron chi connectivity index (χ3n) is 4.45. The molecule has 170 valence electrons. The molecule has 7 nitrogen and oxygen atoms in total. The lowest BCUT2D eigenvalue weighted by Crippen LogP contribution is -2.56. The molecule has 0 saturated carbocycles. The number of hydrogen-bond acceptors (Lipinski definition) is 6. The maximum atomic E-state index is 12.7. The summed E-state index contributed by atoms with van der Waals surface area (Å²) in [7, 11) is 0. The highest BCUT2D eigenvalue weighted by Crippen LogP contribution is 2.31. The van der Waals surface area contributed by atoms with Crippen LogP contribution in [0.2, 0.25) is 0 Å². The van der Waals surface area contributed by atoms with E-state index >= 15 is 0 Å². The number of nitrogens with zero attached hydrogens (tertiary/aromatic N) is 1. The number of nitrogens with two attached hydrogens (primary N) is 1. The molecule has 1 unspecified atom stereocenters. The molecule has 3 aromatic rings. The molecule has 4 N–H and O–H groups in total. The number of thiazole rings is 1. The first-order valence-electron chi connectivity index (χ1n) is 9.52. The van der Waals surface area contributed by atoms with E-state index < -0.39 is 29.8 Å². The summed E-state index contributed by atoms with van der Waals surface area (Å²) in [6.45, 7) is 3.02. The average molecular weight is 466 g/mol. The van der Waals surface area contributed by atoms with Crippen molar-refractivity contribution < 1.29 is 27.5 Å². The van der Waals surface area contributed by atoms with Crippen LogP contribution in [0.5, 0.6) is 5.75 Å². The quantitative estimate of drug-likeness (QED) is 0.493. The molecule has 0 aliphatic rings. The van der Waals surface area contributed by atoms with Crippen LogP contribution in [0.4, 0.5) is 18.3 Å². The first-order valence-corrected chi connectivity index (χ1v) is 10.3. The minimum atomic E-state index is -4.81. The van der Waals surface area contributed by atoms with E-state index in [1.165, 1.54) is 26.0 Å². The molecule has 3 rings (SSSR count). The van der Waals surface area contributed by atoms with Gasteiger partial charge in [0.15, 0.2) is 5.13 Å². The monoisotopic (exact) mass is 466 g/mol. The first-order chi connectivity index (χ1) is 14.9. The maximum absolute atomic E-state index is 12.7. The van der Waals surface area contributed by atoms with Gasteiger partial charge in [0.1, 0.15) is 11.3 Å². The molecule has 0 radical (unpaired) electrons. The van der Waals surface area contributed by atoms with Gasteiger partial charge in [0.05, 0.1) is 16.3 Å². The number of alkyl halides is 3. The molecule has 32 heavy (non-hydrogen) atoms. The highest BCUT2D eigenvalue weighted by molar-refractivity contribution is 7.22. The Kier molecular flexibility index (Phi) is 6.70. The molecule has 1 heterocycles. The number of carbonyl (C=O) groups excluding carboxylic acids is 2. The molecule has 1 aromatic heterocycles. The fourth-order valence-corrected chi connectivity index (χ4v) is 3.72.